The SMILES string of the molecule is C=NN(/N=C(\C)c1ccccn1)c1cc(F)cc(-c2cccc(C(=O)OC)c2)c1. The van der Waals surface area contributed by atoms with Gasteiger partial charge in [-0.25, -0.2) is 9.18 Å². The minimum absolute atomic E-state index is 0.374. The van der Waals surface area contributed by atoms with Crippen LogP contribution in [0.3, 0.4) is 0 Å². The van der Waals surface area contributed by atoms with E-state index in [1.165, 1.54) is 24.4 Å². The molecule has 3 aromatic rings. The molecular formula is C22H19FN4O2. The van der Waals surface area contributed by atoms with E-state index < -0.39 is 11.8 Å². The van der Waals surface area contributed by atoms with Crippen molar-refractivity contribution >= 4 is 24.1 Å². The van der Waals surface area contributed by atoms with Gasteiger partial charge < -0.3 is 4.74 Å². The summed E-state index contributed by atoms with van der Waals surface area (Å²) in [5, 5.41) is 9.51. The summed E-state index contributed by atoms with van der Waals surface area (Å²) in [4.78, 5) is 16.0. The van der Waals surface area contributed by atoms with E-state index in [1.807, 2.05) is 18.2 Å². The number of halogens is 1. The van der Waals surface area contributed by atoms with Crippen molar-refractivity contribution in [1.82, 2.24) is 4.98 Å². The molecule has 0 aliphatic carbocycles. The fourth-order valence-corrected chi connectivity index (χ4v) is 2.74. The molecule has 0 radical (unpaired) electrons. The zero-order valence-corrected chi connectivity index (χ0v) is 16.0. The largest absolute Gasteiger partial charge is 0.465 e. The number of hydrogen-bond acceptors (Lipinski definition) is 6. The second-order valence-corrected chi connectivity index (χ2v) is 6.10. The van der Waals surface area contributed by atoms with Gasteiger partial charge in [0.05, 0.1) is 29.8 Å². The highest BCUT2D eigenvalue weighted by molar-refractivity contribution is 5.97. The number of pyridine rings is 1. The number of esters is 1. The molecule has 1 aromatic heterocycles. The van der Waals surface area contributed by atoms with Crippen LogP contribution in [0, 0.1) is 5.82 Å². The van der Waals surface area contributed by atoms with E-state index in [0.717, 1.165) is 0 Å². The van der Waals surface area contributed by atoms with Crippen molar-refractivity contribution < 1.29 is 13.9 Å². The highest BCUT2D eigenvalue weighted by Crippen LogP contribution is 2.28. The Kier molecular flexibility index (Phi) is 6.09. The standard InChI is InChI=1S/C22H19FN4O2/c1-15(21-9-4-5-10-25-21)26-27(24-2)20-13-18(12-19(23)14-20)16-7-6-8-17(11-16)22(28)29-3/h4-14H,2H2,1,3H3/b26-15+. The summed E-state index contributed by atoms with van der Waals surface area (Å²) in [5.74, 6) is -0.936. The van der Waals surface area contributed by atoms with Gasteiger partial charge in [-0.3, -0.25) is 4.98 Å². The average molecular weight is 390 g/mol. The first-order chi connectivity index (χ1) is 14.0. The van der Waals surface area contributed by atoms with E-state index >= 15 is 0 Å². The third-order valence-corrected chi connectivity index (χ3v) is 4.14. The number of carbonyl (C=O) groups is 1. The molecule has 2 aromatic carbocycles. The van der Waals surface area contributed by atoms with Gasteiger partial charge in [0, 0.05) is 19.0 Å². The fourth-order valence-electron chi connectivity index (χ4n) is 2.74. The van der Waals surface area contributed by atoms with Crippen LogP contribution in [0.15, 0.2) is 77.1 Å². The number of aromatic nitrogens is 1. The molecule has 0 saturated carbocycles. The summed E-state index contributed by atoms with van der Waals surface area (Å²) in [5.41, 5.74) is 3.24. The molecule has 0 unspecified atom stereocenters. The van der Waals surface area contributed by atoms with Crippen LogP contribution >= 0.6 is 0 Å². The molecule has 146 valence electrons. The summed E-state index contributed by atoms with van der Waals surface area (Å²) in [6.07, 6.45) is 1.66. The Morgan fingerprint density at radius 2 is 1.93 bits per heavy atom. The molecule has 0 saturated heterocycles. The molecule has 0 atom stereocenters. The lowest BCUT2D eigenvalue weighted by Crippen LogP contribution is -2.12. The van der Waals surface area contributed by atoms with Gasteiger partial charge in [0.1, 0.15) is 5.82 Å². The van der Waals surface area contributed by atoms with Crippen molar-refractivity contribution in [2.45, 2.75) is 6.92 Å². The molecule has 7 heteroatoms. The Morgan fingerprint density at radius 1 is 1.10 bits per heavy atom. The van der Waals surface area contributed by atoms with E-state index in [0.29, 0.717) is 33.8 Å². The third-order valence-electron chi connectivity index (χ3n) is 4.14. The first-order valence-corrected chi connectivity index (χ1v) is 8.74. The number of nitrogens with zero attached hydrogens (tertiary/aromatic N) is 4. The zero-order chi connectivity index (χ0) is 20.8. The van der Waals surface area contributed by atoms with Crippen LogP contribution in [-0.4, -0.2) is 30.5 Å². The summed E-state index contributed by atoms with van der Waals surface area (Å²) < 4.78 is 19.1. The molecule has 29 heavy (non-hydrogen) atoms. The van der Waals surface area contributed by atoms with Gasteiger partial charge in [-0.1, -0.05) is 18.2 Å². The number of rotatable bonds is 6. The quantitative estimate of drug-likeness (QED) is 0.353. The maximum absolute atomic E-state index is 14.4. The van der Waals surface area contributed by atoms with E-state index in [1.54, 1.807) is 43.5 Å². The van der Waals surface area contributed by atoms with E-state index in [2.05, 4.69) is 21.9 Å². The van der Waals surface area contributed by atoms with Crippen molar-refractivity contribution in [3.05, 3.63) is 83.9 Å². The summed E-state index contributed by atoms with van der Waals surface area (Å²) in [6.45, 7) is 5.31. The number of anilines is 1. The van der Waals surface area contributed by atoms with Gasteiger partial charge in [-0.2, -0.15) is 15.3 Å². The Morgan fingerprint density at radius 3 is 2.62 bits per heavy atom. The molecule has 0 amide bonds. The molecule has 6 nitrogen and oxygen atoms in total. The van der Waals surface area contributed by atoms with Crippen molar-refractivity contribution in [1.29, 1.82) is 0 Å². The zero-order valence-electron chi connectivity index (χ0n) is 16.0. The monoisotopic (exact) mass is 390 g/mol. The van der Waals surface area contributed by atoms with Crippen LogP contribution in [0.4, 0.5) is 10.1 Å². The minimum Gasteiger partial charge on any atom is -0.465 e. The molecule has 0 spiro atoms. The second-order valence-electron chi connectivity index (χ2n) is 6.10. The van der Waals surface area contributed by atoms with Gasteiger partial charge in [0.25, 0.3) is 0 Å². The Hall–Kier alpha value is -3.87. The molecule has 0 N–H and O–H groups in total. The van der Waals surface area contributed by atoms with E-state index in [4.69, 9.17) is 4.74 Å². The number of hydrazone groups is 2. The normalized spacial score (nSPS) is 11.1. The molecule has 0 bridgehead atoms. The molecule has 1 heterocycles. The van der Waals surface area contributed by atoms with Gasteiger partial charge >= 0.3 is 5.97 Å². The highest BCUT2D eigenvalue weighted by atomic mass is 19.1. The molecule has 0 aliphatic rings. The lowest BCUT2D eigenvalue weighted by Gasteiger charge is -2.15. The summed E-state index contributed by atoms with van der Waals surface area (Å²) in [7, 11) is 1.31. The lowest BCUT2D eigenvalue weighted by molar-refractivity contribution is 0.0601. The maximum Gasteiger partial charge on any atom is 0.337 e. The number of carbonyl (C=O) groups excluding carboxylic acids is 1. The van der Waals surface area contributed by atoms with Crippen molar-refractivity contribution in [2.75, 3.05) is 12.2 Å². The van der Waals surface area contributed by atoms with Crippen LogP contribution in [0.5, 0.6) is 0 Å². The van der Waals surface area contributed by atoms with E-state index in [9.17, 15) is 9.18 Å². The number of hydrogen-bond donors (Lipinski definition) is 0. The van der Waals surface area contributed by atoms with Crippen LogP contribution in [-0.2, 0) is 4.74 Å². The Bertz CT molecular complexity index is 1070. The first kappa shape index (κ1) is 19.9. The van der Waals surface area contributed by atoms with Crippen molar-refractivity contribution in [3.63, 3.8) is 0 Å². The predicted molar refractivity (Wildman–Crippen MR) is 112 cm³/mol. The predicted octanol–water partition coefficient (Wildman–Crippen LogP) is 4.52. The molecule has 0 fully saturated rings. The second kappa shape index (κ2) is 8.88. The molecular weight excluding hydrogens is 371 g/mol. The summed E-state index contributed by atoms with van der Waals surface area (Å²) in [6, 6.07) is 16.6. The smallest absolute Gasteiger partial charge is 0.337 e. The topological polar surface area (TPSA) is 67.2 Å². The minimum atomic E-state index is -0.472. The maximum atomic E-state index is 14.4. The number of ether oxygens (including phenoxy) is 1. The van der Waals surface area contributed by atoms with Crippen molar-refractivity contribution in [2.24, 2.45) is 10.2 Å². The third kappa shape index (κ3) is 4.70. The highest BCUT2D eigenvalue weighted by Gasteiger charge is 2.12. The Labute approximate surface area is 168 Å². The lowest BCUT2D eigenvalue weighted by atomic mass is 10.0. The van der Waals surface area contributed by atoms with Crippen LogP contribution < -0.4 is 5.12 Å². The van der Waals surface area contributed by atoms with Crippen molar-refractivity contribution in [3.8, 4) is 11.1 Å². The van der Waals surface area contributed by atoms with Gasteiger partial charge in [-0.05, 0) is 54.4 Å². The van der Waals surface area contributed by atoms with Gasteiger partial charge in [0.15, 0.2) is 0 Å². The van der Waals surface area contributed by atoms with Crippen LogP contribution in [0.25, 0.3) is 11.1 Å². The number of benzene rings is 2. The molecule has 0 aliphatic heterocycles. The van der Waals surface area contributed by atoms with E-state index in [-0.39, 0.29) is 0 Å². The Balaban J connectivity index is 2.00. The fraction of sp³-hybridized carbons (Fsp3) is 0.0909. The first-order valence-electron chi connectivity index (χ1n) is 8.74. The summed E-state index contributed by atoms with van der Waals surface area (Å²) >= 11 is 0. The van der Waals surface area contributed by atoms with Crippen LogP contribution in [0.1, 0.15) is 23.0 Å². The number of methoxy groups -OCH3 is 1. The van der Waals surface area contributed by atoms with Gasteiger partial charge in [-0.15, -0.1) is 0 Å². The molecule has 3 rings (SSSR count). The average Bonchev–Trinajstić information content (AvgIpc) is 2.77. The van der Waals surface area contributed by atoms with Crippen LogP contribution in [0.2, 0.25) is 0 Å². The van der Waals surface area contributed by atoms with Gasteiger partial charge in [0.2, 0.25) is 0 Å².